The second kappa shape index (κ2) is 8.93. The molecule has 0 aromatic heterocycles. The molecule has 0 atom stereocenters. The van der Waals surface area contributed by atoms with Crippen LogP contribution in [0.25, 0.3) is 0 Å². The summed E-state index contributed by atoms with van der Waals surface area (Å²) in [6, 6.07) is 3.47. The van der Waals surface area contributed by atoms with Crippen molar-refractivity contribution in [2.45, 2.75) is 58.2 Å². The minimum Gasteiger partial charge on any atom is -0.493 e. The van der Waals surface area contributed by atoms with Crippen molar-refractivity contribution in [3.8, 4) is 5.75 Å². The van der Waals surface area contributed by atoms with Gasteiger partial charge in [-0.15, -0.1) is 0 Å². The Morgan fingerprint density at radius 3 is 2.33 bits per heavy atom. The molecule has 2 N–H and O–H groups in total. The molecule has 0 heterocycles. The van der Waals surface area contributed by atoms with Gasteiger partial charge in [0, 0.05) is 12.1 Å². The third kappa shape index (κ3) is 6.38. The van der Waals surface area contributed by atoms with Crippen molar-refractivity contribution in [2.75, 3.05) is 6.61 Å². The molecule has 5 heteroatoms. The lowest BCUT2D eigenvalue weighted by atomic mass is 10.1. The van der Waals surface area contributed by atoms with Crippen molar-refractivity contribution >= 4 is 0 Å². The van der Waals surface area contributed by atoms with E-state index < -0.39 is 11.7 Å². The highest BCUT2D eigenvalue weighted by Crippen LogP contribution is 2.32. The summed E-state index contributed by atoms with van der Waals surface area (Å²) in [5.41, 5.74) is 5.21. The van der Waals surface area contributed by atoms with Crippen LogP contribution in [0, 0.1) is 0 Å². The average molecular weight is 303 g/mol. The number of alkyl halides is 3. The number of unbranched alkanes of at least 4 members (excludes halogenated alkanes) is 5. The molecule has 2 nitrogen and oxygen atoms in total. The van der Waals surface area contributed by atoms with E-state index in [0.29, 0.717) is 17.9 Å². The predicted octanol–water partition coefficient (Wildman–Crippen LogP) is 4.90. The van der Waals surface area contributed by atoms with E-state index in [4.69, 9.17) is 10.5 Å². The Kier molecular flexibility index (Phi) is 7.57. The minimum absolute atomic E-state index is 0.0375. The van der Waals surface area contributed by atoms with E-state index >= 15 is 0 Å². The van der Waals surface area contributed by atoms with Gasteiger partial charge in [0.1, 0.15) is 5.75 Å². The molecule has 0 aliphatic heterocycles. The van der Waals surface area contributed by atoms with Gasteiger partial charge < -0.3 is 10.5 Å². The summed E-state index contributed by atoms with van der Waals surface area (Å²) in [5.74, 6) is 0.457. The van der Waals surface area contributed by atoms with Crippen LogP contribution < -0.4 is 10.5 Å². The molecule has 120 valence electrons. The van der Waals surface area contributed by atoms with E-state index in [9.17, 15) is 13.2 Å². The maximum atomic E-state index is 12.6. The van der Waals surface area contributed by atoms with Crippen LogP contribution in [0.15, 0.2) is 18.2 Å². The van der Waals surface area contributed by atoms with Gasteiger partial charge >= 0.3 is 6.18 Å². The Hall–Kier alpha value is -1.23. The number of halogens is 3. The summed E-state index contributed by atoms with van der Waals surface area (Å²) in [6.45, 7) is 2.72. The molecule has 0 amide bonds. The van der Waals surface area contributed by atoms with Gasteiger partial charge in [-0.05, 0) is 24.6 Å². The second-order valence-electron chi connectivity index (χ2n) is 5.14. The van der Waals surface area contributed by atoms with Crippen molar-refractivity contribution in [3.05, 3.63) is 29.3 Å². The topological polar surface area (TPSA) is 35.2 Å². The molecule has 0 saturated carbocycles. The molecular weight excluding hydrogens is 279 g/mol. The monoisotopic (exact) mass is 303 g/mol. The Balaban J connectivity index is 2.44. The smallest absolute Gasteiger partial charge is 0.416 e. The molecular formula is C16H24F3NO. The minimum atomic E-state index is -4.35. The summed E-state index contributed by atoms with van der Waals surface area (Å²) >= 11 is 0. The fourth-order valence-corrected chi connectivity index (χ4v) is 2.12. The van der Waals surface area contributed by atoms with Crippen LogP contribution in [0.5, 0.6) is 5.75 Å². The lowest BCUT2D eigenvalue weighted by molar-refractivity contribution is -0.137. The zero-order chi connectivity index (χ0) is 15.7. The van der Waals surface area contributed by atoms with Crippen molar-refractivity contribution < 1.29 is 17.9 Å². The average Bonchev–Trinajstić information content (AvgIpc) is 2.45. The molecule has 0 aliphatic rings. The van der Waals surface area contributed by atoms with E-state index in [1.807, 2.05) is 0 Å². The number of hydrogen-bond donors (Lipinski definition) is 1. The summed E-state index contributed by atoms with van der Waals surface area (Å²) in [4.78, 5) is 0. The van der Waals surface area contributed by atoms with Gasteiger partial charge in [0.25, 0.3) is 0 Å². The van der Waals surface area contributed by atoms with Gasteiger partial charge in [-0.1, -0.05) is 39.0 Å². The van der Waals surface area contributed by atoms with Gasteiger partial charge in [0.15, 0.2) is 0 Å². The number of benzene rings is 1. The summed E-state index contributed by atoms with van der Waals surface area (Å²) in [7, 11) is 0. The Bertz CT molecular complexity index is 418. The van der Waals surface area contributed by atoms with Gasteiger partial charge in [-0.3, -0.25) is 0 Å². The third-order valence-corrected chi connectivity index (χ3v) is 3.36. The number of ether oxygens (including phenoxy) is 1. The van der Waals surface area contributed by atoms with E-state index in [0.717, 1.165) is 25.0 Å². The molecule has 0 aliphatic carbocycles. The maximum Gasteiger partial charge on any atom is 0.416 e. The highest BCUT2D eigenvalue weighted by Gasteiger charge is 2.30. The summed E-state index contributed by atoms with van der Waals surface area (Å²) in [5, 5.41) is 0. The fourth-order valence-electron chi connectivity index (χ4n) is 2.12. The molecule has 0 bridgehead atoms. The molecule has 0 unspecified atom stereocenters. The molecule has 1 aromatic carbocycles. The number of hydrogen-bond acceptors (Lipinski definition) is 2. The van der Waals surface area contributed by atoms with Crippen molar-refractivity contribution in [1.82, 2.24) is 0 Å². The second-order valence-corrected chi connectivity index (χ2v) is 5.14. The van der Waals surface area contributed by atoms with Gasteiger partial charge in [-0.2, -0.15) is 13.2 Å². The zero-order valence-electron chi connectivity index (χ0n) is 12.5. The highest BCUT2D eigenvalue weighted by atomic mass is 19.4. The van der Waals surface area contributed by atoms with Crippen LogP contribution in [0.3, 0.4) is 0 Å². The van der Waals surface area contributed by atoms with E-state index in [-0.39, 0.29) is 6.54 Å². The molecule has 0 spiro atoms. The fraction of sp³-hybridized carbons (Fsp3) is 0.625. The molecule has 1 aromatic rings. The largest absolute Gasteiger partial charge is 0.493 e. The SMILES string of the molecule is CCCCCCCCOc1ccc(C(F)(F)F)cc1CN. The normalized spacial score (nSPS) is 11.7. The van der Waals surface area contributed by atoms with Gasteiger partial charge in [-0.25, -0.2) is 0 Å². The van der Waals surface area contributed by atoms with Gasteiger partial charge in [0.2, 0.25) is 0 Å². The van der Waals surface area contributed by atoms with E-state index in [1.165, 1.54) is 31.7 Å². The Morgan fingerprint density at radius 2 is 1.71 bits per heavy atom. The first-order chi connectivity index (χ1) is 9.99. The quantitative estimate of drug-likeness (QED) is 0.658. The van der Waals surface area contributed by atoms with Crippen LogP contribution in [0.2, 0.25) is 0 Å². The number of nitrogens with two attached hydrogens (primary N) is 1. The van der Waals surface area contributed by atoms with Crippen molar-refractivity contribution in [1.29, 1.82) is 0 Å². The first-order valence-electron chi connectivity index (χ1n) is 7.52. The van der Waals surface area contributed by atoms with Crippen LogP contribution in [0.4, 0.5) is 13.2 Å². The molecule has 0 radical (unpaired) electrons. The maximum absolute atomic E-state index is 12.6. The lowest BCUT2D eigenvalue weighted by Crippen LogP contribution is -2.09. The first-order valence-corrected chi connectivity index (χ1v) is 7.52. The number of rotatable bonds is 9. The molecule has 21 heavy (non-hydrogen) atoms. The Morgan fingerprint density at radius 1 is 1.05 bits per heavy atom. The predicted molar refractivity (Wildman–Crippen MR) is 78.2 cm³/mol. The summed E-state index contributed by atoms with van der Waals surface area (Å²) < 4.78 is 43.4. The van der Waals surface area contributed by atoms with Crippen LogP contribution in [-0.2, 0) is 12.7 Å². The lowest BCUT2D eigenvalue weighted by Gasteiger charge is -2.13. The zero-order valence-corrected chi connectivity index (χ0v) is 12.5. The molecule has 1 rings (SSSR count). The summed E-state index contributed by atoms with van der Waals surface area (Å²) in [6.07, 6.45) is 2.51. The van der Waals surface area contributed by atoms with Crippen LogP contribution in [-0.4, -0.2) is 6.61 Å². The molecule has 0 saturated heterocycles. The highest BCUT2D eigenvalue weighted by molar-refractivity contribution is 5.38. The van der Waals surface area contributed by atoms with Crippen molar-refractivity contribution in [3.63, 3.8) is 0 Å². The van der Waals surface area contributed by atoms with Crippen LogP contribution >= 0.6 is 0 Å². The third-order valence-electron chi connectivity index (χ3n) is 3.36. The van der Waals surface area contributed by atoms with E-state index in [2.05, 4.69) is 6.92 Å². The Labute approximate surface area is 124 Å². The van der Waals surface area contributed by atoms with Crippen molar-refractivity contribution in [2.24, 2.45) is 5.73 Å². The van der Waals surface area contributed by atoms with E-state index in [1.54, 1.807) is 0 Å². The molecule has 0 fully saturated rings. The van der Waals surface area contributed by atoms with Crippen LogP contribution in [0.1, 0.15) is 56.6 Å². The first kappa shape index (κ1) is 17.8. The van der Waals surface area contributed by atoms with Gasteiger partial charge in [0.05, 0.1) is 12.2 Å². The standard InChI is InChI=1S/C16H24F3NO/c1-2-3-4-5-6-7-10-21-15-9-8-14(16(17,18)19)11-13(15)12-20/h8-9,11H,2-7,10,12,20H2,1H3.